The summed E-state index contributed by atoms with van der Waals surface area (Å²) in [4.78, 5) is 33.3. The molecule has 0 spiro atoms. The van der Waals surface area contributed by atoms with Crippen LogP contribution in [0.3, 0.4) is 0 Å². The van der Waals surface area contributed by atoms with Crippen molar-refractivity contribution in [3.05, 3.63) is 39.9 Å². The van der Waals surface area contributed by atoms with Crippen LogP contribution in [0, 0.1) is 0 Å². The van der Waals surface area contributed by atoms with E-state index in [0.29, 0.717) is 15.6 Å². The third-order valence-corrected chi connectivity index (χ3v) is 3.00. The Bertz CT molecular complexity index is 602. The third-order valence-electron chi connectivity index (χ3n) is 2.26. The Morgan fingerprint density at radius 3 is 2.52 bits per heavy atom. The number of carbonyl (C=O) groups is 3. The number of benzene rings is 1. The fraction of sp³-hybridized carbons (Fsp3) is 0.154. The molecule has 0 fully saturated rings. The summed E-state index contributed by atoms with van der Waals surface area (Å²) < 4.78 is 4.78. The molecule has 3 amide bonds. The summed E-state index contributed by atoms with van der Waals surface area (Å²) in [7, 11) is 0. The number of nitrogens with one attached hydrogen (secondary N) is 1. The summed E-state index contributed by atoms with van der Waals surface area (Å²) in [6.45, 7) is 1.31. The summed E-state index contributed by atoms with van der Waals surface area (Å²) in [6.07, 6.45) is 1.42. The minimum absolute atomic E-state index is 0.349. The number of ether oxygens (including phenoxy) is 1. The van der Waals surface area contributed by atoms with E-state index in [1.54, 1.807) is 23.5 Å². The van der Waals surface area contributed by atoms with E-state index in [-0.39, 0.29) is 0 Å². The first-order valence-electron chi connectivity index (χ1n) is 5.73. The molecule has 1 aromatic carbocycles. The zero-order valence-electron chi connectivity index (χ0n) is 10.9. The van der Waals surface area contributed by atoms with Crippen molar-refractivity contribution in [2.75, 3.05) is 0 Å². The molecule has 0 bridgehead atoms. The summed E-state index contributed by atoms with van der Waals surface area (Å²) in [5.74, 6) is -1.56. The van der Waals surface area contributed by atoms with Crippen molar-refractivity contribution in [3.63, 3.8) is 0 Å². The minimum Gasteiger partial charge on any atom is -0.449 e. The molecule has 3 N–H and O–H groups in total. The van der Waals surface area contributed by atoms with Gasteiger partial charge in [-0.2, -0.15) is 0 Å². The lowest BCUT2D eigenvalue weighted by atomic mass is 10.2. The van der Waals surface area contributed by atoms with Crippen molar-refractivity contribution < 1.29 is 19.1 Å². The minimum atomic E-state index is -1.15. The average Bonchev–Trinajstić information content (AvgIpc) is 2.39. The first kappa shape index (κ1) is 17.0. The fourth-order valence-electron chi connectivity index (χ4n) is 1.27. The Morgan fingerprint density at radius 2 is 1.95 bits per heavy atom. The number of urea groups is 1. The molecule has 0 radical (unpaired) electrons. The molecule has 112 valence electrons. The SMILES string of the molecule is CC(OC(=O)C=Cc1ccc(Cl)c(Cl)c1)C(=O)NC(N)=O. The van der Waals surface area contributed by atoms with E-state index in [1.807, 2.05) is 0 Å². The quantitative estimate of drug-likeness (QED) is 0.652. The topological polar surface area (TPSA) is 98.5 Å². The van der Waals surface area contributed by atoms with Gasteiger partial charge in [0.15, 0.2) is 6.10 Å². The van der Waals surface area contributed by atoms with Gasteiger partial charge in [-0.25, -0.2) is 9.59 Å². The van der Waals surface area contributed by atoms with Crippen molar-refractivity contribution in [1.29, 1.82) is 0 Å². The van der Waals surface area contributed by atoms with Gasteiger partial charge < -0.3 is 10.5 Å². The van der Waals surface area contributed by atoms with Gasteiger partial charge in [0.05, 0.1) is 10.0 Å². The number of primary amides is 1. The number of amides is 3. The van der Waals surface area contributed by atoms with Crippen LogP contribution >= 0.6 is 23.2 Å². The Hall–Kier alpha value is -2.05. The molecule has 1 atom stereocenters. The smallest absolute Gasteiger partial charge is 0.331 e. The second kappa shape index (κ2) is 7.66. The van der Waals surface area contributed by atoms with E-state index >= 15 is 0 Å². The molecule has 0 heterocycles. The Morgan fingerprint density at radius 1 is 1.29 bits per heavy atom. The van der Waals surface area contributed by atoms with Crippen molar-refractivity contribution >= 4 is 47.2 Å². The molecule has 0 aliphatic carbocycles. The predicted molar refractivity (Wildman–Crippen MR) is 78.8 cm³/mol. The maximum atomic E-state index is 11.5. The molecule has 6 nitrogen and oxygen atoms in total. The van der Waals surface area contributed by atoms with E-state index in [1.165, 1.54) is 13.0 Å². The van der Waals surface area contributed by atoms with Gasteiger partial charge >= 0.3 is 12.0 Å². The summed E-state index contributed by atoms with van der Waals surface area (Å²) in [5, 5.41) is 2.55. The lowest BCUT2D eigenvalue weighted by Gasteiger charge is -2.10. The zero-order chi connectivity index (χ0) is 16.0. The van der Waals surface area contributed by atoms with Gasteiger partial charge in [-0.3, -0.25) is 10.1 Å². The van der Waals surface area contributed by atoms with Gasteiger partial charge in [-0.1, -0.05) is 29.3 Å². The number of hydrogen-bond acceptors (Lipinski definition) is 4. The van der Waals surface area contributed by atoms with Crippen LogP contribution < -0.4 is 11.1 Å². The number of imide groups is 1. The molecule has 0 saturated carbocycles. The number of nitrogens with two attached hydrogens (primary N) is 1. The molecule has 0 saturated heterocycles. The Balaban J connectivity index is 2.60. The first-order chi connectivity index (χ1) is 9.79. The normalized spacial score (nSPS) is 12.0. The van der Waals surface area contributed by atoms with E-state index in [4.69, 9.17) is 33.7 Å². The van der Waals surface area contributed by atoms with Gasteiger partial charge in [0.2, 0.25) is 0 Å². The van der Waals surface area contributed by atoms with Crippen LogP contribution in [-0.4, -0.2) is 24.0 Å². The molecule has 1 aromatic rings. The lowest BCUT2D eigenvalue weighted by molar-refractivity contribution is -0.149. The molecule has 1 rings (SSSR count). The van der Waals surface area contributed by atoms with Crippen LogP contribution in [0.2, 0.25) is 10.0 Å². The largest absolute Gasteiger partial charge is 0.449 e. The molecule has 0 aliphatic rings. The molecular weight excluding hydrogens is 319 g/mol. The molecule has 8 heteroatoms. The highest BCUT2D eigenvalue weighted by Crippen LogP contribution is 2.23. The molecule has 0 aliphatic heterocycles. The lowest BCUT2D eigenvalue weighted by Crippen LogP contribution is -2.42. The molecular formula is C13H12Cl2N2O4. The van der Waals surface area contributed by atoms with Gasteiger partial charge in [0, 0.05) is 6.08 Å². The van der Waals surface area contributed by atoms with Crippen LogP contribution in [0.4, 0.5) is 4.79 Å². The van der Waals surface area contributed by atoms with Crippen LogP contribution in [0.15, 0.2) is 24.3 Å². The second-order valence-electron chi connectivity index (χ2n) is 3.94. The number of rotatable bonds is 4. The summed E-state index contributed by atoms with van der Waals surface area (Å²) >= 11 is 11.6. The van der Waals surface area contributed by atoms with E-state index in [2.05, 4.69) is 0 Å². The van der Waals surface area contributed by atoms with Crippen LogP contribution in [-0.2, 0) is 14.3 Å². The van der Waals surface area contributed by atoms with Gasteiger partial charge in [-0.05, 0) is 30.7 Å². The Kier molecular flexibility index (Phi) is 6.20. The Labute approximate surface area is 130 Å². The monoisotopic (exact) mass is 330 g/mol. The predicted octanol–water partition coefficient (Wildman–Crippen LogP) is 2.13. The van der Waals surface area contributed by atoms with Crippen molar-refractivity contribution in [2.24, 2.45) is 5.73 Å². The van der Waals surface area contributed by atoms with Gasteiger partial charge in [0.1, 0.15) is 0 Å². The average molecular weight is 331 g/mol. The fourth-order valence-corrected chi connectivity index (χ4v) is 1.58. The van der Waals surface area contributed by atoms with E-state index < -0.39 is 24.0 Å². The summed E-state index contributed by atoms with van der Waals surface area (Å²) in [5.41, 5.74) is 5.41. The second-order valence-corrected chi connectivity index (χ2v) is 4.75. The van der Waals surface area contributed by atoms with Crippen molar-refractivity contribution in [1.82, 2.24) is 5.32 Å². The highest BCUT2D eigenvalue weighted by Gasteiger charge is 2.17. The van der Waals surface area contributed by atoms with E-state index in [0.717, 1.165) is 6.08 Å². The standard InChI is InChI=1S/C13H12Cl2N2O4/c1-7(12(19)17-13(16)20)21-11(18)5-3-8-2-4-9(14)10(15)6-8/h2-7H,1H3,(H3,16,17,19,20). The number of esters is 1. The van der Waals surface area contributed by atoms with Crippen LogP contribution in [0.1, 0.15) is 12.5 Å². The van der Waals surface area contributed by atoms with E-state index in [9.17, 15) is 14.4 Å². The molecule has 0 aromatic heterocycles. The molecule has 1 unspecified atom stereocenters. The zero-order valence-corrected chi connectivity index (χ0v) is 12.4. The maximum Gasteiger partial charge on any atom is 0.331 e. The third kappa shape index (κ3) is 5.85. The highest BCUT2D eigenvalue weighted by molar-refractivity contribution is 6.42. The highest BCUT2D eigenvalue weighted by atomic mass is 35.5. The first-order valence-corrected chi connectivity index (χ1v) is 6.49. The number of halogens is 2. The van der Waals surface area contributed by atoms with Crippen LogP contribution in [0.5, 0.6) is 0 Å². The van der Waals surface area contributed by atoms with Crippen molar-refractivity contribution in [3.8, 4) is 0 Å². The molecule has 21 heavy (non-hydrogen) atoms. The maximum absolute atomic E-state index is 11.5. The number of hydrogen-bond donors (Lipinski definition) is 2. The number of carbonyl (C=O) groups excluding carboxylic acids is 3. The van der Waals surface area contributed by atoms with Gasteiger partial charge in [0.25, 0.3) is 5.91 Å². The van der Waals surface area contributed by atoms with Gasteiger partial charge in [-0.15, -0.1) is 0 Å². The van der Waals surface area contributed by atoms with Crippen molar-refractivity contribution in [2.45, 2.75) is 13.0 Å². The van der Waals surface area contributed by atoms with Crippen LogP contribution in [0.25, 0.3) is 6.08 Å². The summed E-state index contributed by atoms with van der Waals surface area (Å²) in [6, 6.07) is 3.78.